The first-order valence-electron chi connectivity index (χ1n) is 10.5. The van der Waals surface area contributed by atoms with E-state index in [-0.39, 0.29) is 0 Å². The Morgan fingerprint density at radius 3 is 1.65 bits per heavy atom. The van der Waals surface area contributed by atoms with Crippen LogP contribution in [-0.4, -0.2) is 29.1 Å². The molecule has 0 saturated heterocycles. The number of nitrogens with zero attached hydrogens (tertiary/aromatic N) is 2. The van der Waals surface area contributed by atoms with E-state index in [0.717, 1.165) is 0 Å². The number of hydrogen-bond donors (Lipinski definition) is 0. The molecule has 0 amide bonds. The minimum Gasteiger partial charge on any atom is -0.356 e. The summed E-state index contributed by atoms with van der Waals surface area (Å²) in [7, 11) is 0. The van der Waals surface area contributed by atoms with Gasteiger partial charge in [0.25, 0.3) is 0 Å². The molecular weight excluding hydrogens is 280 g/mol. The van der Waals surface area contributed by atoms with E-state index in [4.69, 9.17) is 0 Å². The molecule has 1 rings (SSSR count). The molecule has 1 atom stereocenters. The lowest BCUT2D eigenvalue weighted by Gasteiger charge is -2.33. The SMILES string of the molecule is CCCCCCCCCC1N(CCCC)C=CN1CCCCC. The first kappa shape index (κ1) is 20.4. The molecule has 2 nitrogen and oxygen atoms in total. The molecule has 0 radical (unpaired) electrons. The molecule has 0 aromatic rings. The third-order valence-corrected chi connectivity index (χ3v) is 5.07. The summed E-state index contributed by atoms with van der Waals surface area (Å²) in [5, 5.41) is 0. The van der Waals surface area contributed by atoms with Gasteiger partial charge in [-0.2, -0.15) is 0 Å². The standard InChI is InChI=1S/C21H42N2/c1-4-7-10-11-12-13-14-16-21-22(17-9-6-3)19-20-23(21)18-15-8-5-2/h19-21H,4-18H2,1-3H3. The second-order valence-electron chi connectivity index (χ2n) is 7.23. The van der Waals surface area contributed by atoms with E-state index in [1.54, 1.807) is 0 Å². The Kier molecular flexibility index (Phi) is 12.2. The van der Waals surface area contributed by atoms with Crippen molar-refractivity contribution in [2.24, 2.45) is 0 Å². The van der Waals surface area contributed by atoms with Crippen molar-refractivity contribution in [2.75, 3.05) is 13.1 Å². The van der Waals surface area contributed by atoms with Crippen molar-refractivity contribution in [1.29, 1.82) is 0 Å². The molecule has 1 aliphatic heterocycles. The Balaban J connectivity index is 2.28. The van der Waals surface area contributed by atoms with Gasteiger partial charge in [-0.25, -0.2) is 0 Å². The van der Waals surface area contributed by atoms with Crippen LogP contribution >= 0.6 is 0 Å². The van der Waals surface area contributed by atoms with E-state index in [1.165, 1.54) is 96.6 Å². The minimum atomic E-state index is 0.647. The highest BCUT2D eigenvalue weighted by molar-refractivity contribution is 4.96. The smallest absolute Gasteiger partial charge is 0.101 e. The van der Waals surface area contributed by atoms with Crippen LogP contribution in [0.3, 0.4) is 0 Å². The molecule has 0 aromatic heterocycles. The molecule has 1 heterocycles. The van der Waals surface area contributed by atoms with E-state index in [2.05, 4.69) is 43.0 Å². The Morgan fingerprint density at radius 1 is 0.565 bits per heavy atom. The van der Waals surface area contributed by atoms with Crippen molar-refractivity contribution in [3.8, 4) is 0 Å². The van der Waals surface area contributed by atoms with E-state index < -0.39 is 0 Å². The predicted molar refractivity (Wildman–Crippen MR) is 103 cm³/mol. The molecule has 2 heteroatoms. The van der Waals surface area contributed by atoms with Gasteiger partial charge in [0.1, 0.15) is 6.17 Å². The first-order valence-corrected chi connectivity index (χ1v) is 10.5. The Morgan fingerprint density at radius 2 is 1.04 bits per heavy atom. The summed E-state index contributed by atoms with van der Waals surface area (Å²) in [6.07, 6.45) is 23.2. The topological polar surface area (TPSA) is 6.48 Å². The van der Waals surface area contributed by atoms with Crippen molar-refractivity contribution in [3.63, 3.8) is 0 Å². The lowest BCUT2D eigenvalue weighted by molar-refractivity contribution is 0.136. The fourth-order valence-corrected chi connectivity index (χ4v) is 3.51. The molecule has 136 valence electrons. The summed E-state index contributed by atoms with van der Waals surface area (Å²) >= 11 is 0. The van der Waals surface area contributed by atoms with Crippen LogP contribution in [-0.2, 0) is 0 Å². The predicted octanol–water partition coefficient (Wildman–Crippen LogP) is 6.53. The van der Waals surface area contributed by atoms with Crippen LogP contribution in [0, 0.1) is 0 Å². The normalized spacial score (nSPS) is 17.4. The van der Waals surface area contributed by atoms with Crippen molar-refractivity contribution >= 4 is 0 Å². The van der Waals surface area contributed by atoms with Gasteiger partial charge in [-0.1, -0.05) is 78.6 Å². The lowest BCUT2D eigenvalue weighted by Crippen LogP contribution is -2.39. The molecule has 0 fully saturated rings. The second-order valence-corrected chi connectivity index (χ2v) is 7.23. The summed E-state index contributed by atoms with van der Waals surface area (Å²) < 4.78 is 0. The van der Waals surface area contributed by atoms with Crippen LogP contribution in [0.15, 0.2) is 12.4 Å². The van der Waals surface area contributed by atoms with E-state index >= 15 is 0 Å². The van der Waals surface area contributed by atoms with Gasteiger partial charge in [-0.3, -0.25) is 0 Å². The molecule has 0 aromatic carbocycles. The van der Waals surface area contributed by atoms with Crippen LogP contribution in [0.5, 0.6) is 0 Å². The van der Waals surface area contributed by atoms with Gasteiger partial charge in [0.15, 0.2) is 0 Å². The summed E-state index contributed by atoms with van der Waals surface area (Å²) in [5.74, 6) is 0. The molecule has 23 heavy (non-hydrogen) atoms. The highest BCUT2D eigenvalue weighted by atomic mass is 15.4. The highest BCUT2D eigenvalue weighted by Crippen LogP contribution is 2.23. The molecule has 0 bridgehead atoms. The number of hydrogen-bond acceptors (Lipinski definition) is 2. The molecule has 0 saturated carbocycles. The zero-order chi connectivity index (χ0) is 16.8. The van der Waals surface area contributed by atoms with Gasteiger partial charge >= 0.3 is 0 Å². The molecule has 1 unspecified atom stereocenters. The van der Waals surface area contributed by atoms with Crippen LogP contribution in [0.2, 0.25) is 0 Å². The molecule has 0 spiro atoms. The Labute approximate surface area is 146 Å². The molecule has 1 aliphatic rings. The summed E-state index contributed by atoms with van der Waals surface area (Å²) in [5.41, 5.74) is 0. The van der Waals surface area contributed by atoms with Gasteiger partial charge in [-0.05, 0) is 25.7 Å². The second kappa shape index (κ2) is 13.7. The third kappa shape index (κ3) is 8.67. The quantitative estimate of drug-likeness (QED) is 0.316. The zero-order valence-corrected chi connectivity index (χ0v) is 16.2. The first-order chi connectivity index (χ1) is 11.3. The van der Waals surface area contributed by atoms with E-state index in [1.807, 2.05) is 0 Å². The van der Waals surface area contributed by atoms with Crippen molar-refractivity contribution in [1.82, 2.24) is 9.80 Å². The van der Waals surface area contributed by atoms with E-state index in [0.29, 0.717) is 6.17 Å². The Bertz CT molecular complexity index is 288. The molecular formula is C21H42N2. The average molecular weight is 323 g/mol. The monoisotopic (exact) mass is 322 g/mol. The molecule has 0 N–H and O–H groups in total. The highest BCUT2D eigenvalue weighted by Gasteiger charge is 2.24. The fraction of sp³-hybridized carbons (Fsp3) is 0.905. The maximum Gasteiger partial charge on any atom is 0.101 e. The fourth-order valence-electron chi connectivity index (χ4n) is 3.51. The zero-order valence-electron chi connectivity index (χ0n) is 16.2. The molecule has 0 aliphatic carbocycles. The minimum absolute atomic E-state index is 0.647. The maximum absolute atomic E-state index is 2.61. The largest absolute Gasteiger partial charge is 0.356 e. The van der Waals surface area contributed by atoms with Gasteiger partial charge in [0.2, 0.25) is 0 Å². The number of rotatable bonds is 15. The maximum atomic E-state index is 2.61. The summed E-state index contributed by atoms with van der Waals surface area (Å²) in [4.78, 5) is 5.22. The van der Waals surface area contributed by atoms with Crippen LogP contribution < -0.4 is 0 Å². The van der Waals surface area contributed by atoms with Gasteiger partial charge in [0, 0.05) is 25.5 Å². The van der Waals surface area contributed by atoms with Crippen LogP contribution in [0.4, 0.5) is 0 Å². The number of unbranched alkanes of at least 4 members (excludes halogenated alkanes) is 9. The van der Waals surface area contributed by atoms with Crippen LogP contribution in [0.25, 0.3) is 0 Å². The van der Waals surface area contributed by atoms with Gasteiger partial charge in [-0.15, -0.1) is 0 Å². The van der Waals surface area contributed by atoms with Gasteiger partial charge < -0.3 is 9.80 Å². The van der Waals surface area contributed by atoms with Crippen molar-refractivity contribution < 1.29 is 0 Å². The van der Waals surface area contributed by atoms with Crippen molar-refractivity contribution in [3.05, 3.63) is 12.4 Å². The Hall–Kier alpha value is -0.660. The average Bonchev–Trinajstić information content (AvgIpc) is 2.94. The third-order valence-electron chi connectivity index (χ3n) is 5.07. The van der Waals surface area contributed by atoms with Gasteiger partial charge in [0.05, 0.1) is 0 Å². The van der Waals surface area contributed by atoms with E-state index in [9.17, 15) is 0 Å². The van der Waals surface area contributed by atoms with Crippen LogP contribution in [0.1, 0.15) is 104 Å². The summed E-state index contributed by atoms with van der Waals surface area (Å²) in [6.45, 7) is 9.37. The summed E-state index contributed by atoms with van der Waals surface area (Å²) in [6, 6.07) is 0. The van der Waals surface area contributed by atoms with Crippen molar-refractivity contribution in [2.45, 2.75) is 110 Å². The lowest BCUT2D eigenvalue weighted by atomic mass is 10.1.